The number of ether oxygens (including phenoxy) is 2. The van der Waals surface area contributed by atoms with Gasteiger partial charge in [-0.25, -0.2) is 0 Å². The minimum Gasteiger partial charge on any atom is -0.454 e. The lowest BCUT2D eigenvalue weighted by atomic mass is 9.85. The maximum Gasteiger partial charge on any atom is 0.231 e. The van der Waals surface area contributed by atoms with Gasteiger partial charge in [0, 0.05) is 5.41 Å². The smallest absolute Gasteiger partial charge is 0.231 e. The maximum atomic E-state index is 5.32. The van der Waals surface area contributed by atoms with Crippen molar-refractivity contribution in [2.45, 2.75) is 19.3 Å². The Morgan fingerprint density at radius 3 is 2.71 bits per heavy atom. The fraction of sp³-hybridized carbons (Fsp3) is 0.333. The summed E-state index contributed by atoms with van der Waals surface area (Å²) < 4.78 is 10.6. The van der Waals surface area contributed by atoms with Gasteiger partial charge < -0.3 is 9.47 Å². The number of fused-ring (bicyclic) bond motifs is 1. The van der Waals surface area contributed by atoms with Crippen LogP contribution in [0.15, 0.2) is 30.9 Å². The van der Waals surface area contributed by atoms with Crippen molar-refractivity contribution < 1.29 is 9.47 Å². The van der Waals surface area contributed by atoms with E-state index in [4.69, 9.17) is 9.47 Å². The minimum atomic E-state index is -0.0268. The normalized spacial score (nSPS) is 14.1. The number of rotatable bonds is 2. The van der Waals surface area contributed by atoms with E-state index in [1.807, 2.05) is 18.2 Å². The Bertz CT molecular complexity index is 367. The van der Waals surface area contributed by atoms with E-state index in [0.717, 1.165) is 11.5 Å². The molecule has 1 aliphatic heterocycles. The topological polar surface area (TPSA) is 18.5 Å². The monoisotopic (exact) mass is 190 g/mol. The zero-order chi connectivity index (χ0) is 10.2. The van der Waals surface area contributed by atoms with Crippen LogP contribution in [0.1, 0.15) is 19.4 Å². The van der Waals surface area contributed by atoms with Crippen LogP contribution in [0.5, 0.6) is 11.5 Å². The molecule has 0 N–H and O–H groups in total. The average molecular weight is 190 g/mol. The molecule has 1 aliphatic rings. The summed E-state index contributed by atoms with van der Waals surface area (Å²) in [6.45, 7) is 8.40. The second-order valence-electron chi connectivity index (χ2n) is 3.99. The summed E-state index contributed by atoms with van der Waals surface area (Å²) >= 11 is 0. The third kappa shape index (κ3) is 1.37. The van der Waals surface area contributed by atoms with Crippen LogP contribution in [0.4, 0.5) is 0 Å². The van der Waals surface area contributed by atoms with Crippen molar-refractivity contribution in [3.05, 3.63) is 36.4 Å². The van der Waals surface area contributed by atoms with Crippen LogP contribution in [0.2, 0.25) is 0 Å². The fourth-order valence-electron chi connectivity index (χ4n) is 1.42. The molecule has 14 heavy (non-hydrogen) atoms. The Hall–Kier alpha value is -1.44. The van der Waals surface area contributed by atoms with Crippen molar-refractivity contribution in [1.82, 2.24) is 0 Å². The molecule has 0 amide bonds. The predicted octanol–water partition coefficient (Wildman–Crippen LogP) is 2.88. The van der Waals surface area contributed by atoms with Gasteiger partial charge in [0.1, 0.15) is 0 Å². The highest BCUT2D eigenvalue weighted by Gasteiger charge is 2.20. The fourth-order valence-corrected chi connectivity index (χ4v) is 1.42. The predicted molar refractivity (Wildman–Crippen MR) is 55.8 cm³/mol. The molecule has 2 rings (SSSR count). The first-order chi connectivity index (χ1) is 6.63. The van der Waals surface area contributed by atoms with Crippen LogP contribution >= 0.6 is 0 Å². The zero-order valence-electron chi connectivity index (χ0n) is 8.54. The molecule has 0 unspecified atom stereocenters. The van der Waals surface area contributed by atoms with Crippen LogP contribution in [-0.2, 0) is 5.41 Å². The van der Waals surface area contributed by atoms with Gasteiger partial charge >= 0.3 is 0 Å². The second kappa shape index (κ2) is 3.05. The number of hydrogen-bond donors (Lipinski definition) is 0. The van der Waals surface area contributed by atoms with E-state index in [-0.39, 0.29) is 5.41 Å². The lowest BCUT2D eigenvalue weighted by Gasteiger charge is -2.20. The van der Waals surface area contributed by atoms with Gasteiger partial charge in [-0.3, -0.25) is 0 Å². The van der Waals surface area contributed by atoms with E-state index in [9.17, 15) is 0 Å². The van der Waals surface area contributed by atoms with Gasteiger partial charge in [0.05, 0.1) is 0 Å². The van der Waals surface area contributed by atoms with Gasteiger partial charge in [0.15, 0.2) is 11.5 Å². The van der Waals surface area contributed by atoms with Gasteiger partial charge in [-0.2, -0.15) is 0 Å². The standard InChI is InChI=1S/C12H14O2/c1-4-12(2,3)9-5-6-10-11(7-9)14-8-13-10/h4-7H,1,8H2,2-3H3. The molecule has 1 aromatic rings. The first kappa shape index (κ1) is 9.13. The first-order valence-electron chi connectivity index (χ1n) is 4.67. The van der Waals surface area contributed by atoms with E-state index >= 15 is 0 Å². The number of allylic oxidation sites excluding steroid dienone is 1. The lowest BCUT2D eigenvalue weighted by Crippen LogP contribution is -2.12. The van der Waals surface area contributed by atoms with Crippen molar-refractivity contribution in [3.63, 3.8) is 0 Å². The summed E-state index contributed by atoms with van der Waals surface area (Å²) in [5, 5.41) is 0. The molecule has 2 heteroatoms. The average Bonchev–Trinajstić information content (AvgIpc) is 2.64. The summed E-state index contributed by atoms with van der Waals surface area (Å²) in [4.78, 5) is 0. The van der Waals surface area contributed by atoms with Crippen molar-refractivity contribution in [2.75, 3.05) is 6.79 Å². The summed E-state index contributed by atoms with van der Waals surface area (Å²) in [7, 11) is 0. The van der Waals surface area contributed by atoms with E-state index in [2.05, 4.69) is 26.5 Å². The summed E-state index contributed by atoms with van der Waals surface area (Å²) in [5.74, 6) is 1.66. The second-order valence-corrected chi connectivity index (χ2v) is 3.99. The highest BCUT2D eigenvalue weighted by molar-refractivity contribution is 5.47. The Balaban J connectivity index is 2.42. The Kier molecular flexibility index (Phi) is 1.99. The van der Waals surface area contributed by atoms with Crippen LogP contribution < -0.4 is 9.47 Å². The summed E-state index contributed by atoms with van der Waals surface area (Å²) in [6, 6.07) is 6.02. The SMILES string of the molecule is C=CC(C)(C)c1ccc2c(c1)OCO2. The molecular weight excluding hydrogens is 176 g/mol. The van der Waals surface area contributed by atoms with Crippen molar-refractivity contribution in [1.29, 1.82) is 0 Å². The molecule has 0 atom stereocenters. The van der Waals surface area contributed by atoms with Gasteiger partial charge in [-0.05, 0) is 17.7 Å². The number of benzene rings is 1. The van der Waals surface area contributed by atoms with Gasteiger partial charge in [0.2, 0.25) is 6.79 Å². The van der Waals surface area contributed by atoms with E-state index in [0.29, 0.717) is 6.79 Å². The molecular formula is C12H14O2. The summed E-state index contributed by atoms with van der Waals surface area (Å²) in [6.07, 6.45) is 1.94. The highest BCUT2D eigenvalue weighted by atomic mass is 16.7. The summed E-state index contributed by atoms with van der Waals surface area (Å²) in [5.41, 5.74) is 1.16. The molecule has 0 radical (unpaired) electrons. The molecule has 74 valence electrons. The molecule has 0 aromatic heterocycles. The molecule has 0 saturated carbocycles. The van der Waals surface area contributed by atoms with Crippen molar-refractivity contribution in [3.8, 4) is 11.5 Å². The zero-order valence-corrected chi connectivity index (χ0v) is 8.54. The highest BCUT2D eigenvalue weighted by Crippen LogP contribution is 2.36. The molecule has 0 bridgehead atoms. The largest absolute Gasteiger partial charge is 0.454 e. The molecule has 1 heterocycles. The third-order valence-corrected chi connectivity index (χ3v) is 2.63. The molecule has 0 aliphatic carbocycles. The molecule has 2 nitrogen and oxygen atoms in total. The maximum absolute atomic E-state index is 5.32. The Labute approximate surface area is 84.2 Å². The van der Waals surface area contributed by atoms with Crippen LogP contribution in [0.3, 0.4) is 0 Å². The Morgan fingerprint density at radius 1 is 1.29 bits per heavy atom. The lowest BCUT2D eigenvalue weighted by molar-refractivity contribution is 0.174. The minimum absolute atomic E-state index is 0.0268. The van der Waals surface area contributed by atoms with Crippen LogP contribution in [-0.4, -0.2) is 6.79 Å². The van der Waals surface area contributed by atoms with E-state index in [1.165, 1.54) is 5.56 Å². The van der Waals surface area contributed by atoms with E-state index < -0.39 is 0 Å². The van der Waals surface area contributed by atoms with Gasteiger partial charge in [0.25, 0.3) is 0 Å². The molecule has 0 fully saturated rings. The molecule has 0 saturated heterocycles. The quantitative estimate of drug-likeness (QED) is 0.667. The van der Waals surface area contributed by atoms with Crippen molar-refractivity contribution in [2.24, 2.45) is 0 Å². The van der Waals surface area contributed by atoms with Crippen LogP contribution in [0.25, 0.3) is 0 Å². The van der Waals surface area contributed by atoms with E-state index in [1.54, 1.807) is 0 Å². The molecule has 0 spiro atoms. The third-order valence-electron chi connectivity index (χ3n) is 2.63. The van der Waals surface area contributed by atoms with Crippen LogP contribution in [0, 0.1) is 0 Å². The first-order valence-corrected chi connectivity index (χ1v) is 4.67. The van der Waals surface area contributed by atoms with Gasteiger partial charge in [-0.1, -0.05) is 26.0 Å². The number of hydrogen-bond acceptors (Lipinski definition) is 2. The molecule has 1 aromatic carbocycles. The Morgan fingerprint density at radius 2 is 2.00 bits per heavy atom. The van der Waals surface area contributed by atoms with Gasteiger partial charge in [-0.15, -0.1) is 6.58 Å². The van der Waals surface area contributed by atoms with Crippen molar-refractivity contribution >= 4 is 0 Å².